The van der Waals surface area contributed by atoms with Gasteiger partial charge in [0, 0.05) is 9.98 Å². The van der Waals surface area contributed by atoms with Gasteiger partial charge >= 0.3 is 0 Å². The Morgan fingerprint density at radius 1 is 1.25 bits per heavy atom. The maximum atomic E-state index is 3.70. The highest BCUT2D eigenvalue weighted by Gasteiger charge is 2.06. The fourth-order valence-electron chi connectivity index (χ4n) is 0.725. The average Bonchev–Trinajstić information content (AvgIpc) is 2.02. The second-order valence-electron chi connectivity index (χ2n) is 2.98. The Labute approximate surface area is 87.7 Å². The Hall–Kier alpha value is 0.400. The molecule has 0 saturated heterocycles. The second kappa shape index (κ2) is 4.58. The van der Waals surface area contributed by atoms with E-state index in [0.717, 1.165) is 0 Å². The van der Waals surface area contributed by atoms with Crippen LogP contribution in [-0.4, -0.2) is 17.6 Å². The van der Waals surface area contributed by atoms with Crippen molar-refractivity contribution in [3.63, 3.8) is 0 Å². The lowest BCUT2D eigenvalue weighted by Crippen LogP contribution is -1.86. The highest BCUT2D eigenvalue weighted by molar-refractivity contribution is 9.58. The third kappa shape index (κ3) is 4.43. The summed E-state index contributed by atoms with van der Waals surface area (Å²) in [6, 6.07) is 10.5. The van der Waals surface area contributed by atoms with Gasteiger partial charge in [-0.2, -0.15) is 8.46 Å². The van der Waals surface area contributed by atoms with Gasteiger partial charge in [0.15, 0.2) is 0 Å². The van der Waals surface area contributed by atoms with Crippen molar-refractivity contribution in [3.8, 4) is 0 Å². The lowest BCUT2D eigenvalue weighted by atomic mass is 10.4. The van der Waals surface area contributed by atoms with Crippen molar-refractivity contribution in [1.29, 1.82) is 0 Å². The van der Waals surface area contributed by atoms with Crippen LogP contribution in [0.15, 0.2) is 35.2 Å². The van der Waals surface area contributed by atoms with Gasteiger partial charge in [-0.05, 0) is 39.5 Å². The number of hydrogen-bond donors (Lipinski definition) is 0. The summed E-state index contributed by atoms with van der Waals surface area (Å²) in [5.41, 5.74) is 0. The van der Waals surface area contributed by atoms with Gasteiger partial charge in [0.05, 0.1) is 0 Å². The molecule has 0 saturated carbocycles. The Bertz CT molecular complexity index is 228. The van der Waals surface area contributed by atoms with Crippen LogP contribution in [0.3, 0.4) is 0 Å². The predicted octanol–water partition coefficient (Wildman–Crippen LogP) is 4.11. The van der Waals surface area contributed by atoms with E-state index in [2.05, 4.69) is 57.7 Å². The molecule has 0 radical (unpaired) electrons. The maximum absolute atomic E-state index is 3.70. The number of halogens is 1. The van der Waals surface area contributed by atoms with Crippen molar-refractivity contribution < 1.29 is 0 Å². The summed E-state index contributed by atoms with van der Waals surface area (Å²) in [7, 11) is -0.547. The van der Waals surface area contributed by atoms with E-state index in [1.54, 1.807) is 0 Å². The lowest BCUT2D eigenvalue weighted by molar-refractivity contribution is 1.47. The van der Waals surface area contributed by atoms with Gasteiger partial charge in [-0.1, -0.05) is 18.2 Å². The minimum Gasteiger partial charge on any atom is -0.179 e. The predicted molar refractivity (Wildman–Crippen MR) is 65.5 cm³/mol. The van der Waals surface area contributed by atoms with E-state index in [1.807, 2.05) is 11.8 Å². The molecule has 0 fully saturated rings. The van der Waals surface area contributed by atoms with Crippen molar-refractivity contribution in [1.82, 2.24) is 0 Å². The highest BCUT2D eigenvalue weighted by Crippen LogP contribution is 2.51. The van der Waals surface area contributed by atoms with Gasteiger partial charge in [0.2, 0.25) is 0 Å². The number of thioether (sulfide) groups is 1. The zero-order valence-electron chi connectivity index (χ0n) is 7.29. The smallest absolute Gasteiger partial charge is 0.0365 e. The van der Waals surface area contributed by atoms with Gasteiger partial charge < -0.3 is 0 Å². The number of hydrogen-bond acceptors (Lipinski definition) is 1. The average molecular weight is 265 g/mol. The van der Waals surface area contributed by atoms with Crippen LogP contribution in [0.2, 0.25) is 0 Å². The third-order valence-electron chi connectivity index (χ3n) is 1.25. The molecule has 1 aromatic carbocycles. The van der Waals surface area contributed by atoms with E-state index in [9.17, 15) is 0 Å². The molecular formula is C9H13BrS2. The molecule has 3 heteroatoms. The molecule has 0 aliphatic heterocycles. The molecule has 1 aromatic rings. The summed E-state index contributed by atoms with van der Waals surface area (Å²) in [6.07, 6.45) is 4.53. The number of benzene rings is 1. The third-order valence-corrected chi connectivity index (χ3v) is 6.25. The Morgan fingerprint density at radius 3 is 2.33 bits per heavy atom. The van der Waals surface area contributed by atoms with Crippen LogP contribution in [-0.2, 0) is 0 Å². The second-order valence-corrected chi connectivity index (χ2v) is 12.7. The molecule has 0 heterocycles. The van der Waals surface area contributed by atoms with Crippen LogP contribution in [0.25, 0.3) is 0 Å². The quantitative estimate of drug-likeness (QED) is 0.741. The standard InChI is InChI=1S/C9H13BrS2/c1-12(2,10)8-11-9-6-4-3-5-7-9/h3-7H,8H2,1-2H3. The van der Waals surface area contributed by atoms with Crippen molar-refractivity contribution in [2.24, 2.45) is 0 Å². The van der Waals surface area contributed by atoms with E-state index < -0.39 is 8.46 Å². The van der Waals surface area contributed by atoms with E-state index in [4.69, 9.17) is 0 Å². The SMILES string of the molecule is CS(C)(Br)CSc1ccccc1. The largest absolute Gasteiger partial charge is 0.179 e. The molecule has 12 heavy (non-hydrogen) atoms. The first-order chi connectivity index (χ1) is 5.58. The van der Waals surface area contributed by atoms with Crippen molar-refractivity contribution in [2.75, 3.05) is 17.6 Å². The van der Waals surface area contributed by atoms with Crippen molar-refractivity contribution in [3.05, 3.63) is 30.3 Å². The fraction of sp³-hybridized carbons (Fsp3) is 0.333. The zero-order valence-corrected chi connectivity index (χ0v) is 10.5. The number of rotatable bonds is 3. The summed E-state index contributed by atoms with van der Waals surface area (Å²) < 4.78 is 0. The molecule has 0 N–H and O–H groups in total. The van der Waals surface area contributed by atoms with Crippen LogP contribution in [0, 0.1) is 0 Å². The Morgan fingerprint density at radius 2 is 1.83 bits per heavy atom. The van der Waals surface area contributed by atoms with Crippen LogP contribution >= 0.6 is 35.0 Å². The van der Waals surface area contributed by atoms with Crippen LogP contribution in [0.4, 0.5) is 0 Å². The first-order valence-electron chi connectivity index (χ1n) is 3.66. The van der Waals surface area contributed by atoms with Crippen molar-refractivity contribution >= 4 is 35.0 Å². The first kappa shape index (κ1) is 10.5. The van der Waals surface area contributed by atoms with Gasteiger partial charge in [0.1, 0.15) is 0 Å². The molecule has 0 amide bonds. The molecule has 0 bridgehead atoms. The van der Waals surface area contributed by atoms with Crippen LogP contribution in [0.5, 0.6) is 0 Å². The van der Waals surface area contributed by atoms with Gasteiger partial charge in [0.25, 0.3) is 0 Å². The minimum atomic E-state index is -0.547. The van der Waals surface area contributed by atoms with E-state index in [0.29, 0.717) is 0 Å². The molecule has 0 nitrogen and oxygen atoms in total. The summed E-state index contributed by atoms with van der Waals surface area (Å²) in [6.45, 7) is 0. The van der Waals surface area contributed by atoms with Gasteiger partial charge in [-0.15, -0.1) is 11.8 Å². The van der Waals surface area contributed by atoms with Crippen LogP contribution in [0.1, 0.15) is 0 Å². The molecule has 0 atom stereocenters. The molecule has 0 aliphatic rings. The van der Waals surface area contributed by atoms with Gasteiger partial charge in [-0.3, -0.25) is 0 Å². The normalized spacial score (nSPS) is 12.9. The summed E-state index contributed by atoms with van der Waals surface area (Å²) in [5.74, 6) is 0. The summed E-state index contributed by atoms with van der Waals surface area (Å²) in [5, 5.41) is 1.18. The first-order valence-corrected chi connectivity index (χ1v) is 9.11. The Kier molecular flexibility index (Phi) is 4.00. The molecule has 0 spiro atoms. The molecule has 0 unspecified atom stereocenters. The lowest BCUT2D eigenvalue weighted by Gasteiger charge is -2.21. The topological polar surface area (TPSA) is 0 Å². The van der Waals surface area contributed by atoms with Crippen LogP contribution < -0.4 is 0 Å². The Balaban J connectivity index is 2.44. The van der Waals surface area contributed by atoms with E-state index >= 15 is 0 Å². The fourth-order valence-corrected chi connectivity index (χ4v) is 3.58. The maximum Gasteiger partial charge on any atom is 0.0365 e. The summed E-state index contributed by atoms with van der Waals surface area (Å²) in [4.78, 5) is 1.36. The molecule has 68 valence electrons. The molecule has 0 aromatic heterocycles. The molecular weight excluding hydrogens is 252 g/mol. The monoisotopic (exact) mass is 264 g/mol. The summed E-state index contributed by atoms with van der Waals surface area (Å²) >= 11 is 5.62. The minimum absolute atomic E-state index is 0.547. The highest BCUT2D eigenvalue weighted by atomic mass is 79.9. The zero-order chi connectivity index (χ0) is 9.03. The van der Waals surface area contributed by atoms with E-state index in [-0.39, 0.29) is 0 Å². The molecule has 0 aliphatic carbocycles. The van der Waals surface area contributed by atoms with Crippen molar-refractivity contribution in [2.45, 2.75) is 4.90 Å². The molecule has 1 rings (SSSR count). The van der Waals surface area contributed by atoms with E-state index in [1.165, 1.54) is 9.98 Å². The van der Waals surface area contributed by atoms with Gasteiger partial charge in [-0.25, -0.2) is 0 Å².